The minimum atomic E-state index is -0.108. The van der Waals surface area contributed by atoms with E-state index >= 15 is 0 Å². The highest BCUT2D eigenvalue weighted by Gasteiger charge is 2.33. The predicted octanol–water partition coefficient (Wildman–Crippen LogP) is 3.55. The second-order valence-electron chi connectivity index (χ2n) is 8.99. The van der Waals surface area contributed by atoms with E-state index in [0.29, 0.717) is 13.2 Å². The number of hydrogen-bond donors (Lipinski definition) is 4. The summed E-state index contributed by atoms with van der Waals surface area (Å²) in [6, 6.07) is 6.50. The molecule has 0 spiro atoms. The minimum absolute atomic E-state index is 0.00877. The zero-order valence-corrected chi connectivity index (χ0v) is 22.2. The lowest BCUT2D eigenvalue weighted by Gasteiger charge is -2.44. The van der Waals surface area contributed by atoms with Gasteiger partial charge in [0.05, 0.1) is 24.1 Å². The molecule has 1 saturated heterocycles. The molecule has 3 N–H and O–H groups in total. The molecule has 196 valence electrons. The fraction of sp³-hybridized carbons (Fsp3) is 0.500. The molecule has 0 bridgehead atoms. The Hall–Kier alpha value is -2.98. The number of thiol groups is 1. The van der Waals surface area contributed by atoms with Crippen molar-refractivity contribution in [3.8, 4) is 11.5 Å². The van der Waals surface area contributed by atoms with Crippen molar-refractivity contribution in [1.29, 1.82) is 10.8 Å². The van der Waals surface area contributed by atoms with Gasteiger partial charge in [-0.1, -0.05) is 18.7 Å². The van der Waals surface area contributed by atoms with E-state index in [1.54, 1.807) is 24.8 Å². The highest BCUT2D eigenvalue weighted by Crippen LogP contribution is 2.31. The van der Waals surface area contributed by atoms with Gasteiger partial charge >= 0.3 is 0 Å². The number of rotatable bonds is 11. The molecule has 2 aliphatic rings. The van der Waals surface area contributed by atoms with Crippen LogP contribution in [0.4, 0.5) is 0 Å². The van der Waals surface area contributed by atoms with E-state index in [9.17, 15) is 0 Å². The fourth-order valence-corrected chi connectivity index (χ4v) is 5.00. The predicted molar refractivity (Wildman–Crippen MR) is 150 cm³/mol. The van der Waals surface area contributed by atoms with Crippen molar-refractivity contribution in [1.82, 2.24) is 20.0 Å². The molecule has 36 heavy (non-hydrogen) atoms. The quantitative estimate of drug-likeness (QED) is 0.156. The molecular formula is C26H39N7O2S. The number of nitrogens with one attached hydrogen (secondary N) is 3. The molecule has 2 heterocycles. The number of aliphatic imine (C=N–C) groups is 1. The molecule has 1 aromatic rings. The molecule has 0 aromatic heterocycles. The average molecular weight is 514 g/mol. The minimum Gasteiger partial charge on any atom is -0.486 e. The molecule has 1 aromatic carbocycles. The van der Waals surface area contributed by atoms with Crippen molar-refractivity contribution < 1.29 is 9.47 Å². The monoisotopic (exact) mass is 513 g/mol. The number of likely N-dealkylation sites (N-methyl/N-ethyl adjacent to an activating group) is 1. The second-order valence-corrected chi connectivity index (χ2v) is 9.55. The number of guanidine groups is 1. The summed E-state index contributed by atoms with van der Waals surface area (Å²) in [5.74, 6) is 1.64. The van der Waals surface area contributed by atoms with E-state index in [1.165, 1.54) is 10.5 Å². The van der Waals surface area contributed by atoms with E-state index in [0.717, 1.165) is 56.6 Å². The first kappa shape index (κ1) is 27.6. The number of fused-ring (bicyclic) bond motifs is 1. The van der Waals surface area contributed by atoms with Gasteiger partial charge in [-0.15, -0.1) is 0 Å². The number of piperidine rings is 1. The molecule has 3 rings (SSSR count). The molecule has 3 unspecified atom stereocenters. The highest BCUT2D eigenvalue weighted by molar-refractivity contribution is 7.81. The summed E-state index contributed by atoms with van der Waals surface area (Å²) < 4.78 is 11.4. The highest BCUT2D eigenvalue weighted by atomic mass is 32.1. The summed E-state index contributed by atoms with van der Waals surface area (Å²) in [5, 5.41) is 18.9. The van der Waals surface area contributed by atoms with Crippen molar-refractivity contribution >= 4 is 31.3 Å². The Morgan fingerprint density at radius 3 is 2.83 bits per heavy atom. The Balaban J connectivity index is 1.67. The number of benzene rings is 1. The van der Waals surface area contributed by atoms with Gasteiger partial charge in [-0.3, -0.25) is 15.7 Å². The molecule has 2 aliphatic heterocycles. The van der Waals surface area contributed by atoms with Crippen LogP contribution in [0.1, 0.15) is 31.7 Å². The summed E-state index contributed by atoms with van der Waals surface area (Å²) in [6.45, 7) is 8.58. The maximum atomic E-state index is 8.28. The standard InChI is InChI=1S/C26H39N7O2S/c1-4-12-32(18-27)26(28)30-19-33-21(7-6-8-22(33)25(36)29-5-2)17-31(3)13-11-20-9-10-23-24(16-20)35-15-14-34-23/h4-5,9-10,12,16,18-19,21-22,25,27-29,36H,2,6-8,11,13-15,17H2,1,3H3/b12-4-,27-18?,28-26?,30-19+. The topological polar surface area (TPSA) is 100 Å². The van der Waals surface area contributed by atoms with Gasteiger partial charge in [0.15, 0.2) is 11.5 Å². The zero-order chi connectivity index (χ0) is 25.9. The molecular weight excluding hydrogens is 474 g/mol. The first-order chi connectivity index (χ1) is 17.5. The third-order valence-corrected chi connectivity index (χ3v) is 6.91. The van der Waals surface area contributed by atoms with Crippen molar-refractivity contribution in [2.45, 2.75) is 50.1 Å². The van der Waals surface area contributed by atoms with Crippen molar-refractivity contribution in [3.05, 3.63) is 48.8 Å². The number of allylic oxidation sites excluding steroid dienone is 1. The van der Waals surface area contributed by atoms with Crippen LogP contribution in [0.25, 0.3) is 0 Å². The first-order valence-electron chi connectivity index (χ1n) is 12.4. The lowest BCUT2D eigenvalue weighted by Crippen LogP contribution is -2.55. The maximum Gasteiger partial charge on any atom is 0.228 e. The fourth-order valence-electron chi connectivity index (χ4n) is 4.59. The smallest absolute Gasteiger partial charge is 0.228 e. The van der Waals surface area contributed by atoms with Crippen LogP contribution < -0.4 is 14.8 Å². The van der Waals surface area contributed by atoms with Crippen LogP contribution >= 0.6 is 12.6 Å². The van der Waals surface area contributed by atoms with Crippen LogP contribution in [0.2, 0.25) is 0 Å². The van der Waals surface area contributed by atoms with Crippen molar-refractivity contribution in [2.75, 3.05) is 33.4 Å². The summed E-state index contributed by atoms with van der Waals surface area (Å²) in [5.41, 5.74) is 1.22. The molecule has 10 heteroatoms. The van der Waals surface area contributed by atoms with Gasteiger partial charge in [-0.2, -0.15) is 12.6 Å². The summed E-state index contributed by atoms with van der Waals surface area (Å²) in [7, 11) is 2.14. The zero-order valence-electron chi connectivity index (χ0n) is 21.3. The number of nitrogens with zero attached hydrogens (tertiary/aromatic N) is 4. The van der Waals surface area contributed by atoms with Gasteiger partial charge in [-0.25, -0.2) is 4.99 Å². The van der Waals surface area contributed by atoms with Gasteiger partial charge in [0.25, 0.3) is 0 Å². The Labute approximate surface area is 220 Å². The summed E-state index contributed by atoms with van der Waals surface area (Å²) in [4.78, 5) is 10.3. The Morgan fingerprint density at radius 2 is 2.11 bits per heavy atom. The normalized spacial score (nSPS) is 20.5. The molecule has 9 nitrogen and oxygen atoms in total. The average Bonchev–Trinajstić information content (AvgIpc) is 2.89. The Kier molecular flexibility index (Phi) is 10.7. The SMILES string of the molecule is C=CNC(S)C1CCCC(CN(C)CCc2ccc3c(c2)OCCO3)N1/C=N/C(=N)N(C=N)/C=C\C. The largest absolute Gasteiger partial charge is 0.486 e. The lowest BCUT2D eigenvalue weighted by atomic mass is 9.95. The van der Waals surface area contributed by atoms with E-state index in [1.807, 2.05) is 13.0 Å². The molecule has 0 aliphatic carbocycles. The van der Waals surface area contributed by atoms with E-state index < -0.39 is 0 Å². The van der Waals surface area contributed by atoms with Gasteiger partial charge < -0.3 is 24.6 Å². The lowest BCUT2D eigenvalue weighted by molar-refractivity contribution is 0.130. The Bertz CT molecular complexity index is 954. The van der Waals surface area contributed by atoms with Crippen LogP contribution in [-0.2, 0) is 6.42 Å². The third kappa shape index (κ3) is 7.51. The van der Waals surface area contributed by atoms with Crippen LogP contribution in [0.15, 0.2) is 48.2 Å². The van der Waals surface area contributed by atoms with E-state index in [4.69, 9.17) is 32.9 Å². The van der Waals surface area contributed by atoms with Gasteiger partial charge in [-0.05, 0) is 63.6 Å². The van der Waals surface area contributed by atoms with Crippen molar-refractivity contribution in [2.24, 2.45) is 4.99 Å². The van der Waals surface area contributed by atoms with Crippen LogP contribution in [0.3, 0.4) is 0 Å². The van der Waals surface area contributed by atoms with Gasteiger partial charge in [0.1, 0.15) is 13.2 Å². The van der Waals surface area contributed by atoms with Gasteiger partial charge in [0, 0.05) is 25.3 Å². The maximum absolute atomic E-state index is 8.28. The molecule has 0 amide bonds. The molecule has 0 saturated carbocycles. The molecule has 0 radical (unpaired) electrons. The number of likely N-dealkylation sites (tertiary alicyclic amines) is 1. The van der Waals surface area contributed by atoms with Crippen LogP contribution in [-0.4, -0.2) is 84.1 Å². The second kappa shape index (κ2) is 13.9. The first-order valence-corrected chi connectivity index (χ1v) is 12.9. The number of ether oxygens (including phenoxy) is 2. The van der Waals surface area contributed by atoms with Crippen molar-refractivity contribution in [3.63, 3.8) is 0 Å². The van der Waals surface area contributed by atoms with Crippen LogP contribution in [0, 0.1) is 10.8 Å². The van der Waals surface area contributed by atoms with Crippen LogP contribution in [0.5, 0.6) is 11.5 Å². The van der Waals surface area contributed by atoms with E-state index in [2.05, 4.69) is 45.9 Å². The number of hydrogen-bond acceptors (Lipinski definition) is 7. The van der Waals surface area contributed by atoms with E-state index in [-0.39, 0.29) is 23.4 Å². The molecule has 3 atom stereocenters. The Morgan fingerprint density at radius 1 is 1.33 bits per heavy atom. The van der Waals surface area contributed by atoms with Gasteiger partial charge in [0.2, 0.25) is 5.96 Å². The summed E-state index contributed by atoms with van der Waals surface area (Å²) in [6.07, 6.45) is 11.9. The molecule has 1 fully saturated rings. The summed E-state index contributed by atoms with van der Waals surface area (Å²) >= 11 is 4.78. The third-order valence-electron chi connectivity index (χ3n) is 6.41.